The van der Waals surface area contributed by atoms with Crippen LogP contribution in [0.5, 0.6) is 0 Å². The average Bonchev–Trinajstić information content (AvgIpc) is 2.88. The van der Waals surface area contributed by atoms with E-state index in [1.807, 2.05) is 0 Å². The zero-order valence-electron chi connectivity index (χ0n) is 14.5. The summed E-state index contributed by atoms with van der Waals surface area (Å²) in [5.74, 6) is -2.95. The maximum absolute atomic E-state index is 12.5. The van der Waals surface area contributed by atoms with E-state index >= 15 is 0 Å². The summed E-state index contributed by atoms with van der Waals surface area (Å²) in [6, 6.07) is 10.4. The Morgan fingerprint density at radius 1 is 1.04 bits per heavy atom. The summed E-state index contributed by atoms with van der Waals surface area (Å²) in [4.78, 5) is 53.8. The number of benzene rings is 2. The number of imide groups is 1. The number of amides is 3. The lowest BCUT2D eigenvalue weighted by molar-refractivity contribution is -0.118. The Hall–Kier alpha value is -3.19. The maximum Gasteiger partial charge on any atom is 0.365 e. The minimum absolute atomic E-state index is 0.0548. The van der Waals surface area contributed by atoms with E-state index in [2.05, 4.69) is 5.32 Å². The molecule has 3 amide bonds. The monoisotopic (exact) mass is 386 g/mol. The number of carbonyl (C=O) groups excluding carboxylic acids is 4. The number of nitrogens with zero attached hydrogens (tertiary/aromatic N) is 1. The maximum atomic E-state index is 12.5. The topological polar surface area (TPSA) is 92.8 Å². The van der Waals surface area contributed by atoms with Crippen molar-refractivity contribution in [1.29, 1.82) is 0 Å². The van der Waals surface area contributed by atoms with Crippen molar-refractivity contribution in [2.45, 2.75) is 13.8 Å². The number of hydrogen-bond acceptors (Lipinski definition) is 5. The predicted molar refractivity (Wildman–Crippen MR) is 97.3 cm³/mol. The fourth-order valence-electron chi connectivity index (χ4n) is 2.43. The molecule has 1 heterocycles. The van der Waals surface area contributed by atoms with E-state index < -0.39 is 17.8 Å². The smallest absolute Gasteiger partial charge is 0.326 e. The molecule has 1 aliphatic rings. The second kappa shape index (κ2) is 7.20. The van der Waals surface area contributed by atoms with Crippen LogP contribution in [0.1, 0.15) is 44.9 Å². The lowest BCUT2D eigenvalue weighted by atomic mass is 10.1. The standard InChI is InChI=1S/C19H15ClN2O5/c1-10(2)16(23)21-11-7-8-15(20)14(9-11)19(26)27-22-17(24)12-5-3-4-6-13(12)18(22)25/h3-10H,1-2H3,(H,21,23). The van der Waals surface area contributed by atoms with Crippen molar-refractivity contribution in [2.75, 3.05) is 5.32 Å². The fraction of sp³-hybridized carbons (Fsp3) is 0.158. The van der Waals surface area contributed by atoms with Gasteiger partial charge in [-0.2, -0.15) is 0 Å². The van der Waals surface area contributed by atoms with Gasteiger partial charge in [-0.3, -0.25) is 14.4 Å². The highest BCUT2D eigenvalue weighted by atomic mass is 35.5. The number of hydroxylamine groups is 2. The van der Waals surface area contributed by atoms with Gasteiger partial charge in [0, 0.05) is 11.6 Å². The molecule has 27 heavy (non-hydrogen) atoms. The number of hydrogen-bond donors (Lipinski definition) is 1. The van der Waals surface area contributed by atoms with Crippen molar-refractivity contribution in [3.63, 3.8) is 0 Å². The Labute approximate surface area is 159 Å². The van der Waals surface area contributed by atoms with Gasteiger partial charge in [-0.1, -0.05) is 42.6 Å². The molecule has 0 bridgehead atoms. The molecule has 2 aromatic carbocycles. The van der Waals surface area contributed by atoms with E-state index in [1.54, 1.807) is 26.0 Å². The third-order valence-corrected chi connectivity index (χ3v) is 4.24. The molecule has 8 heteroatoms. The lowest BCUT2D eigenvalue weighted by Gasteiger charge is -2.14. The Morgan fingerprint density at radius 3 is 2.19 bits per heavy atom. The summed E-state index contributed by atoms with van der Waals surface area (Å²) >= 11 is 6.04. The van der Waals surface area contributed by atoms with Crippen LogP contribution in [0.15, 0.2) is 42.5 Å². The van der Waals surface area contributed by atoms with Crippen molar-refractivity contribution in [2.24, 2.45) is 5.92 Å². The molecule has 0 atom stereocenters. The van der Waals surface area contributed by atoms with Crippen molar-refractivity contribution in [3.8, 4) is 0 Å². The van der Waals surface area contributed by atoms with Gasteiger partial charge in [-0.05, 0) is 30.3 Å². The lowest BCUT2D eigenvalue weighted by Crippen LogP contribution is -2.32. The molecule has 1 N–H and O–H groups in total. The molecule has 0 saturated heterocycles. The van der Waals surface area contributed by atoms with Gasteiger partial charge in [0.05, 0.1) is 21.7 Å². The van der Waals surface area contributed by atoms with Crippen molar-refractivity contribution in [3.05, 3.63) is 64.2 Å². The molecule has 0 spiro atoms. The summed E-state index contributed by atoms with van der Waals surface area (Å²) in [6.45, 7) is 3.45. The summed E-state index contributed by atoms with van der Waals surface area (Å²) in [7, 11) is 0. The van der Waals surface area contributed by atoms with Crippen LogP contribution in [0.25, 0.3) is 0 Å². The SMILES string of the molecule is CC(C)C(=O)Nc1ccc(Cl)c(C(=O)ON2C(=O)c3ccccc3C2=O)c1. The minimum atomic E-state index is -0.991. The number of carbonyl (C=O) groups is 4. The quantitative estimate of drug-likeness (QED) is 0.814. The van der Waals surface area contributed by atoms with Crippen LogP contribution in [-0.4, -0.2) is 28.8 Å². The summed E-state index contributed by atoms with van der Waals surface area (Å²) in [5.41, 5.74) is 0.556. The first kappa shape index (κ1) is 18.6. The van der Waals surface area contributed by atoms with E-state index in [9.17, 15) is 19.2 Å². The fourth-order valence-corrected chi connectivity index (χ4v) is 2.62. The van der Waals surface area contributed by atoms with Crippen LogP contribution >= 0.6 is 11.6 Å². The molecule has 1 aliphatic heterocycles. The Balaban J connectivity index is 1.82. The van der Waals surface area contributed by atoms with Gasteiger partial charge < -0.3 is 10.2 Å². The summed E-state index contributed by atoms with van der Waals surface area (Å²) < 4.78 is 0. The Kier molecular flexibility index (Phi) is 4.96. The molecule has 0 aliphatic carbocycles. The van der Waals surface area contributed by atoms with Crippen LogP contribution in [0.4, 0.5) is 5.69 Å². The molecule has 3 rings (SSSR count). The first-order valence-corrected chi connectivity index (χ1v) is 8.48. The number of halogens is 1. The van der Waals surface area contributed by atoms with Gasteiger partial charge in [0.2, 0.25) is 5.91 Å². The van der Waals surface area contributed by atoms with Crippen molar-refractivity contribution >= 4 is 41.0 Å². The van der Waals surface area contributed by atoms with E-state index in [0.29, 0.717) is 10.8 Å². The van der Waals surface area contributed by atoms with Gasteiger partial charge in [0.1, 0.15) is 0 Å². The zero-order valence-corrected chi connectivity index (χ0v) is 15.2. The third-order valence-electron chi connectivity index (χ3n) is 3.91. The molecular formula is C19H15ClN2O5. The van der Waals surface area contributed by atoms with E-state index in [0.717, 1.165) is 0 Å². The van der Waals surface area contributed by atoms with Crippen molar-refractivity contribution in [1.82, 2.24) is 5.06 Å². The normalized spacial score (nSPS) is 13.0. The number of rotatable bonds is 4. The Morgan fingerprint density at radius 2 is 1.63 bits per heavy atom. The van der Waals surface area contributed by atoms with Gasteiger partial charge in [0.25, 0.3) is 11.8 Å². The van der Waals surface area contributed by atoms with E-state index in [4.69, 9.17) is 16.4 Å². The van der Waals surface area contributed by atoms with Gasteiger partial charge in [0.15, 0.2) is 0 Å². The number of nitrogens with one attached hydrogen (secondary N) is 1. The molecule has 0 fully saturated rings. The van der Waals surface area contributed by atoms with Crippen LogP contribution in [0.2, 0.25) is 5.02 Å². The summed E-state index contributed by atoms with van der Waals surface area (Å²) in [6.07, 6.45) is 0. The molecule has 0 radical (unpaired) electrons. The van der Waals surface area contributed by atoms with Gasteiger partial charge in [-0.15, -0.1) is 0 Å². The van der Waals surface area contributed by atoms with Crippen molar-refractivity contribution < 1.29 is 24.0 Å². The number of anilines is 1. The minimum Gasteiger partial charge on any atom is -0.326 e. The predicted octanol–water partition coefficient (Wildman–Crippen LogP) is 3.30. The van der Waals surface area contributed by atoms with Crippen LogP contribution in [-0.2, 0) is 9.63 Å². The molecule has 0 aromatic heterocycles. The van der Waals surface area contributed by atoms with Crippen LogP contribution in [0.3, 0.4) is 0 Å². The van der Waals surface area contributed by atoms with Crippen LogP contribution in [0, 0.1) is 5.92 Å². The van der Waals surface area contributed by atoms with Gasteiger partial charge in [-0.25, -0.2) is 4.79 Å². The number of fused-ring (bicyclic) bond motifs is 1. The van der Waals surface area contributed by atoms with E-state index in [-0.39, 0.29) is 33.5 Å². The largest absolute Gasteiger partial charge is 0.365 e. The zero-order chi connectivity index (χ0) is 19.7. The second-order valence-corrected chi connectivity index (χ2v) is 6.57. The molecule has 0 unspecified atom stereocenters. The van der Waals surface area contributed by atoms with Gasteiger partial charge >= 0.3 is 5.97 Å². The Bertz CT molecular complexity index is 935. The summed E-state index contributed by atoms with van der Waals surface area (Å²) in [5, 5.41) is 3.10. The first-order valence-electron chi connectivity index (χ1n) is 8.10. The first-order chi connectivity index (χ1) is 12.8. The molecule has 0 saturated carbocycles. The highest BCUT2D eigenvalue weighted by Gasteiger charge is 2.39. The third kappa shape index (κ3) is 3.54. The average molecular weight is 387 g/mol. The highest BCUT2D eigenvalue weighted by molar-refractivity contribution is 6.33. The second-order valence-electron chi connectivity index (χ2n) is 6.17. The molecule has 138 valence electrons. The van der Waals surface area contributed by atoms with E-state index in [1.165, 1.54) is 30.3 Å². The molecule has 7 nitrogen and oxygen atoms in total. The van der Waals surface area contributed by atoms with Crippen LogP contribution < -0.4 is 5.32 Å². The molecule has 2 aromatic rings. The highest BCUT2D eigenvalue weighted by Crippen LogP contribution is 2.26. The molecular weight excluding hydrogens is 372 g/mol.